The molecule has 0 aromatic heterocycles. The van der Waals surface area contributed by atoms with Crippen LogP contribution >= 0.6 is 11.8 Å². The Morgan fingerprint density at radius 3 is 2.46 bits per heavy atom. The molecule has 1 nitrogen and oxygen atoms in total. The first-order valence-corrected chi connectivity index (χ1v) is 6.71. The van der Waals surface area contributed by atoms with Gasteiger partial charge in [0, 0.05) is 6.54 Å². The SMILES string of the molecule is CCC(C)(C)CNCCCCSC. The maximum absolute atomic E-state index is 3.53. The van der Waals surface area contributed by atoms with Crippen LogP contribution in [0, 0.1) is 5.41 Å². The largest absolute Gasteiger partial charge is 0.316 e. The molecular weight excluding hydrogens is 178 g/mol. The summed E-state index contributed by atoms with van der Waals surface area (Å²) in [5.74, 6) is 1.30. The van der Waals surface area contributed by atoms with Crippen molar-refractivity contribution < 1.29 is 0 Å². The molecule has 0 aliphatic rings. The molecule has 0 atom stereocenters. The lowest BCUT2D eigenvalue weighted by atomic mass is 9.90. The van der Waals surface area contributed by atoms with Crippen LogP contribution in [0.1, 0.15) is 40.0 Å². The van der Waals surface area contributed by atoms with Gasteiger partial charge >= 0.3 is 0 Å². The minimum absolute atomic E-state index is 0.472. The normalized spacial score (nSPS) is 12.0. The Balaban J connectivity index is 3.16. The fourth-order valence-corrected chi connectivity index (χ4v) is 1.54. The van der Waals surface area contributed by atoms with Crippen LogP contribution in [0.4, 0.5) is 0 Å². The monoisotopic (exact) mass is 203 g/mol. The topological polar surface area (TPSA) is 12.0 Å². The summed E-state index contributed by atoms with van der Waals surface area (Å²) in [5.41, 5.74) is 0.472. The van der Waals surface area contributed by atoms with Crippen molar-refractivity contribution >= 4 is 11.8 Å². The minimum Gasteiger partial charge on any atom is -0.316 e. The molecule has 0 heterocycles. The molecule has 2 heteroatoms. The van der Waals surface area contributed by atoms with Gasteiger partial charge in [0.05, 0.1) is 0 Å². The van der Waals surface area contributed by atoms with E-state index in [0.29, 0.717) is 5.41 Å². The van der Waals surface area contributed by atoms with Gasteiger partial charge in [-0.05, 0) is 43.2 Å². The average molecular weight is 203 g/mol. The van der Waals surface area contributed by atoms with E-state index in [-0.39, 0.29) is 0 Å². The Labute approximate surface area is 88.1 Å². The molecule has 0 spiro atoms. The zero-order valence-electron chi connectivity index (χ0n) is 9.65. The molecule has 0 saturated carbocycles. The van der Waals surface area contributed by atoms with Crippen molar-refractivity contribution in [2.75, 3.05) is 25.1 Å². The van der Waals surface area contributed by atoms with E-state index in [1.807, 2.05) is 11.8 Å². The highest BCUT2D eigenvalue weighted by Gasteiger charge is 2.13. The summed E-state index contributed by atoms with van der Waals surface area (Å²) < 4.78 is 0. The fourth-order valence-electron chi connectivity index (χ4n) is 1.05. The standard InChI is InChI=1S/C11H25NS/c1-5-11(2,3)10-12-8-6-7-9-13-4/h12H,5-10H2,1-4H3. The Morgan fingerprint density at radius 1 is 1.23 bits per heavy atom. The second-order valence-corrected chi connectivity index (χ2v) is 5.38. The summed E-state index contributed by atoms with van der Waals surface area (Å²) >= 11 is 1.94. The number of unbranched alkanes of at least 4 members (excludes halogenated alkanes) is 1. The van der Waals surface area contributed by atoms with Gasteiger partial charge < -0.3 is 5.32 Å². The fraction of sp³-hybridized carbons (Fsp3) is 1.00. The predicted octanol–water partition coefficient (Wildman–Crippen LogP) is 3.16. The summed E-state index contributed by atoms with van der Waals surface area (Å²) in [5, 5.41) is 3.53. The maximum atomic E-state index is 3.53. The van der Waals surface area contributed by atoms with Crippen molar-refractivity contribution in [3.63, 3.8) is 0 Å². The van der Waals surface area contributed by atoms with E-state index < -0.39 is 0 Å². The lowest BCUT2D eigenvalue weighted by molar-refractivity contribution is 0.328. The second kappa shape index (κ2) is 7.69. The number of hydrogen-bond donors (Lipinski definition) is 1. The van der Waals surface area contributed by atoms with E-state index in [4.69, 9.17) is 0 Å². The van der Waals surface area contributed by atoms with Crippen molar-refractivity contribution in [3.8, 4) is 0 Å². The summed E-state index contributed by atoms with van der Waals surface area (Å²) in [4.78, 5) is 0. The molecule has 0 aromatic rings. The van der Waals surface area contributed by atoms with E-state index in [0.717, 1.165) is 6.54 Å². The third kappa shape index (κ3) is 8.63. The Hall–Kier alpha value is 0.310. The molecule has 0 bridgehead atoms. The number of hydrogen-bond acceptors (Lipinski definition) is 2. The van der Waals surface area contributed by atoms with Gasteiger partial charge in [-0.15, -0.1) is 0 Å². The molecule has 0 radical (unpaired) electrons. The zero-order valence-corrected chi connectivity index (χ0v) is 10.5. The van der Waals surface area contributed by atoms with E-state index in [9.17, 15) is 0 Å². The number of nitrogens with one attached hydrogen (secondary N) is 1. The van der Waals surface area contributed by atoms with Crippen LogP contribution in [-0.2, 0) is 0 Å². The number of rotatable bonds is 8. The van der Waals surface area contributed by atoms with Crippen molar-refractivity contribution in [1.29, 1.82) is 0 Å². The molecule has 0 rings (SSSR count). The van der Waals surface area contributed by atoms with Crippen molar-refractivity contribution in [2.24, 2.45) is 5.41 Å². The molecule has 0 aliphatic heterocycles. The quantitative estimate of drug-likeness (QED) is 0.608. The highest BCUT2D eigenvalue weighted by molar-refractivity contribution is 7.98. The van der Waals surface area contributed by atoms with Crippen LogP contribution < -0.4 is 5.32 Å². The van der Waals surface area contributed by atoms with E-state index >= 15 is 0 Å². The van der Waals surface area contributed by atoms with Crippen LogP contribution in [0.15, 0.2) is 0 Å². The van der Waals surface area contributed by atoms with Crippen LogP contribution in [0.25, 0.3) is 0 Å². The molecule has 0 aromatic carbocycles. The van der Waals surface area contributed by atoms with E-state index in [2.05, 4.69) is 32.3 Å². The molecule has 0 saturated heterocycles. The molecule has 1 N–H and O–H groups in total. The van der Waals surface area contributed by atoms with E-state index in [1.54, 1.807) is 0 Å². The highest BCUT2D eigenvalue weighted by Crippen LogP contribution is 2.17. The summed E-state index contributed by atoms with van der Waals surface area (Å²) in [6.45, 7) is 9.24. The molecule has 0 amide bonds. The van der Waals surface area contributed by atoms with E-state index in [1.165, 1.54) is 31.6 Å². The lowest BCUT2D eigenvalue weighted by Gasteiger charge is -2.22. The smallest absolute Gasteiger partial charge is 0.000241 e. The molecule has 13 heavy (non-hydrogen) atoms. The first kappa shape index (κ1) is 13.3. The van der Waals surface area contributed by atoms with Crippen molar-refractivity contribution in [2.45, 2.75) is 40.0 Å². The van der Waals surface area contributed by atoms with Crippen LogP contribution in [0.3, 0.4) is 0 Å². The first-order valence-electron chi connectivity index (χ1n) is 5.32. The Bertz CT molecular complexity index is 113. The first-order chi connectivity index (χ1) is 6.12. The summed E-state index contributed by atoms with van der Waals surface area (Å²) in [6, 6.07) is 0. The zero-order chi connectivity index (χ0) is 10.2. The van der Waals surface area contributed by atoms with Gasteiger partial charge in [-0.1, -0.05) is 20.8 Å². The maximum Gasteiger partial charge on any atom is 0.000241 e. The van der Waals surface area contributed by atoms with Crippen molar-refractivity contribution in [1.82, 2.24) is 5.32 Å². The third-order valence-electron chi connectivity index (χ3n) is 2.51. The molecular formula is C11H25NS. The van der Waals surface area contributed by atoms with Crippen molar-refractivity contribution in [3.05, 3.63) is 0 Å². The van der Waals surface area contributed by atoms with Gasteiger partial charge in [-0.2, -0.15) is 11.8 Å². The lowest BCUT2D eigenvalue weighted by Crippen LogP contribution is -2.29. The highest BCUT2D eigenvalue weighted by atomic mass is 32.2. The van der Waals surface area contributed by atoms with Gasteiger partial charge in [-0.25, -0.2) is 0 Å². The number of thioether (sulfide) groups is 1. The molecule has 0 unspecified atom stereocenters. The predicted molar refractivity (Wildman–Crippen MR) is 64.6 cm³/mol. The van der Waals surface area contributed by atoms with Gasteiger partial charge in [0.15, 0.2) is 0 Å². The average Bonchev–Trinajstić information content (AvgIpc) is 2.11. The van der Waals surface area contributed by atoms with Gasteiger partial charge in [0.2, 0.25) is 0 Å². The van der Waals surface area contributed by atoms with Gasteiger partial charge in [0.25, 0.3) is 0 Å². The third-order valence-corrected chi connectivity index (χ3v) is 3.21. The van der Waals surface area contributed by atoms with Gasteiger partial charge in [-0.3, -0.25) is 0 Å². The van der Waals surface area contributed by atoms with Crippen LogP contribution in [-0.4, -0.2) is 25.1 Å². The van der Waals surface area contributed by atoms with Crippen LogP contribution in [0.2, 0.25) is 0 Å². The second-order valence-electron chi connectivity index (χ2n) is 4.39. The van der Waals surface area contributed by atoms with Crippen LogP contribution in [0.5, 0.6) is 0 Å². The summed E-state index contributed by atoms with van der Waals surface area (Å²) in [7, 11) is 0. The molecule has 0 fully saturated rings. The minimum atomic E-state index is 0.472. The summed E-state index contributed by atoms with van der Waals surface area (Å²) in [6.07, 6.45) is 6.10. The Kier molecular flexibility index (Phi) is 7.87. The molecule has 0 aliphatic carbocycles. The van der Waals surface area contributed by atoms with Gasteiger partial charge in [0.1, 0.15) is 0 Å². The Morgan fingerprint density at radius 2 is 1.92 bits per heavy atom. The molecule has 80 valence electrons.